The molecule has 0 unspecified atom stereocenters. The van der Waals surface area contributed by atoms with E-state index in [-0.39, 0.29) is 18.1 Å². The zero-order valence-electron chi connectivity index (χ0n) is 7.67. The second-order valence-corrected chi connectivity index (χ2v) is 3.63. The van der Waals surface area contributed by atoms with Gasteiger partial charge in [0.05, 0.1) is 16.6 Å². The van der Waals surface area contributed by atoms with E-state index < -0.39 is 0 Å². The number of nitrogens with zero attached hydrogens (tertiary/aromatic N) is 1. The maximum atomic E-state index is 9.16. The first-order chi connectivity index (χ1) is 7.00. The number of nitrogens with two attached hydrogens (primary N) is 1. The van der Waals surface area contributed by atoms with Crippen LogP contribution >= 0.6 is 23.2 Å². The molecule has 0 radical (unpaired) electrons. The van der Waals surface area contributed by atoms with Crippen LogP contribution < -0.4 is 5.73 Å². The minimum atomic E-state index is -0.0442. The summed E-state index contributed by atoms with van der Waals surface area (Å²) in [5.41, 5.74) is 5.62. The molecule has 4 nitrogen and oxygen atoms in total. The van der Waals surface area contributed by atoms with Gasteiger partial charge in [0.1, 0.15) is 11.6 Å². The van der Waals surface area contributed by atoms with Gasteiger partial charge < -0.3 is 10.8 Å². The fraction of sp³-hybridized carbons (Fsp3) is 0.111. The summed E-state index contributed by atoms with van der Waals surface area (Å²) in [4.78, 5) is 3.87. The smallest absolute Gasteiger partial charge is 0.118 e. The summed E-state index contributed by atoms with van der Waals surface area (Å²) in [5, 5.41) is 16.7. The fourth-order valence-electron chi connectivity index (χ4n) is 0.930. The highest BCUT2D eigenvalue weighted by molar-refractivity contribution is 6.38. The Balaban J connectivity index is 2.94. The second-order valence-electron chi connectivity index (χ2n) is 2.82. The first-order valence-corrected chi connectivity index (χ1v) is 4.77. The summed E-state index contributed by atoms with van der Waals surface area (Å²) in [6, 6.07) is 2.73. The normalized spacial score (nSPS) is 10.8. The quantitative estimate of drug-likeness (QED) is 0.563. The third-order valence-corrected chi connectivity index (χ3v) is 2.17. The van der Waals surface area contributed by atoms with Crippen LogP contribution in [-0.2, 0) is 0 Å². The highest BCUT2D eigenvalue weighted by atomic mass is 35.5. The second kappa shape index (κ2) is 5.00. The van der Waals surface area contributed by atoms with Crippen molar-refractivity contribution in [3.8, 4) is 5.75 Å². The van der Waals surface area contributed by atoms with Gasteiger partial charge in [-0.05, 0) is 12.1 Å². The molecular formula is C9H9Cl2N3O. The summed E-state index contributed by atoms with van der Waals surface area (Å²) in [7, 11) is 0. The number of phenolic OH excluding ortho intramolecular Hbond substituents is 1. The first-order valence-electron chi connectivity index (χ1n) is 4.01. The predicted octanol–water partition coefficient (Wildman–Crippen LogP) is 2.05. The van der Waals surface area contributed by atoms with Crippen molar-refractivity contribution < 1.29 is 5.11 Å². The van der Waals surface area contributed by atoms with E-state index in [1.807, 2.05) is 0 Å². The molecule has 0 fully saturated rings. The Bertz CT molecular complexity index is 395. The van der Waals surface area contributed by atoms with Crippen molar-refractivity contribution in [2.75, 3.05) is 6.54 Å². The van der Waals surface area contributed by atoms with Gasteiger partial charge in [-0.1, -0.05) is 23.2 Å². The number of hydrogen-bond acceptors (Lipinski definition) is 3. The predicted molar refractivity (Wildman–Crippen MR) is 62.5 cm³/mol. The van der Waals surface area contributed by atoms with Gasteiger partial charge in [-0.2, -0.15) is 0 Å². The summed E-state index contributed by atoms with van der Waals surface area (Å²) in [6.45, 7) is 0.0908. The number of amidine groups is 1. The van der Waals surface area contributed by atoms with Gasteiger partial charge in [0, 0.05) is 11.8 Å². The zero-order chi connectivity index (χ0) is 11.4. The highest BCUT2D eigenvalue weighted by Crippen LogP contribution is 2.28. The average Bonchev–Trinajstić information content (AvgIpc) is 2.08. The van der Waals surface area contributed by atoms with E-state index in [0.717, 1.165) is 0 Å². The Hall–Kier alpha value is -1.26. The fourth-order valence-corrected chi connectivity index (χ4v) is 1.50. The number of halogens is 2. The molecule has 0 bridgehead atoms. The van der Waals surface area contributed by atoms with Crippen molar-refractivity contribution in [2.24, 2.45) is 10.7 Å². The number of aliphatic imine (C=N–C) groups is 1. The van der Waals surface area contributed by atoms with Crippen LogP contribution in [0.3, 0.4) is 0 Å². The number of nitrogens with one attached hydrogen (secondary N) is 1. The van der Waals surface area contributed by atoms with Crippen LogP contribution in [-0.4, -0.2) is 23.7 Å². The van der Waals surface area contributed by atoms with Crippen LogP contribution in [0, 0.1) is 5.41 Å². The minimum absolute atomic E-state index is 0.00582. The van der Waals surface area contributed by atoms with Crippen molar-refractivity contribution in [1.29, 1.82) is 5.41 Å². The lowest BCUT2D eigenvalue weighted by Gasteiger charge is -2.02. The summed E-state index contributed by atoms with van der Waals surface area (Å²) in [6.07, 6.45) is 1.42. The number of hydrogen-bond donors (Lipinski definition) is 3. The van der Waals surface area contributed by atoms with Crippen LogP contribution in [0.15, 0.2) is 17.1 Å². The molecule has 6 heteroatoms. The lowest BCUT2D eigenvalue weighted by molar-refractivity contribution is 0.475. The van der Waals surface area contributed by atoms with E-state index in [0.29, 0.717) is 15.6 Å². The molecule has 1 aromatic rings. The highest BCUT2D eigenvalue weighted by Gasteiger charge is 2.05. The van der Waals surface area contributed by atoms with Gasteiger partial charge in [-0.25, -0.2) is 0 Å². The molecule has 0 aromatic heterocycles. The molecule has 0 saturated heterocycles. The van der Waals surface area contributed by atoms with Crippen LogP contribution in [0.2, 0.25) is 10.0 Å². The molecule has 1 aromatic carbocycles. The van der Waals surface area contributed by atoms with E-state index in [9.17, 15) is 0 Å². The molecule has 0 aliphatic rings. The third kappa shape index (κ3) is 3.42. The largest absolute Gasteiger partial charge is 0.508 e. The zero-order valence-corrected chi connectivity index (χ0v) is 9.18. The van der Waals surface area contributed by atoms with Crippen LogP contribution in [0.25, 0.3) is 0 Å². The maximum Gasteiger partial charge on any atom is 0.118 e. The Morgan fingerprint density at radius 3 is 2.47 bits per heavy atom. The summed E-state index contributed by atoms with van der Waals surface area (Å²) >= 11 is 11.7. The molecule has 0 aliphatic heterocycles. The van der Waals surface area contributed by atoms with Crippen LogP contribution in [0.1, 0.15) is 5.56 Å². The Morgan fingerprint density at radius 1 is 1.47 bits per heavy atom. The Morgan fingerprint density at radius 2 is 2.00 bits per heavy atom. The lowest BCUT2D eigenvalue weighted by Crippen LogP contribution is -2.13. The van der Waals surface area contributed by atoms with Crippen molar-refractivity contribution in [1.82, 2.24) is 0 Å². The molecule has 80 valence electrons. The van der Waals surface area contributed by atoms with Gasteiger partial charge in [-0.3, -0.25) is 10.4 Å². The van der Waals surface area contributed by atoms with Gasteiger partial charge in [0.25, 0.3) is 0 Å². The van der Waals surface area contributed by atoms with E-state index in [1.165, 1.54) is 18.3 Å². The van der Waals surface area contributed by atoms with Crippen molar-refractivity contribution in [2.45, 2.75) is 0 Å². The molecule has 0 spiro atoms. The minimum Gasteiger partial charge on any atom is -0.508 e. The third-order valence-electron chi connectivity index (χ3n) is 1.55. The Kier molecular flexibility index (Phi) is 3.94. The topological polar surface area (TPSA) is 82.5 Å². The average molecular weight is 246 g/mol. The number of benzene rings is 1. The number of phenols is 1. The molecule has 0 atom stereocenters. The standard InChI is InChI=1S/C9H9Cl2N3O/c10-7-1-5(15)2-8(11)6(7)3-14-4-9(12)13/h1-3,15H,4H2,(H3,12,13). The number of aromatic hydroxyl groups is 1. The SMILES string of the molecule is N=C(N)CN=Cc1c(Cl)cc(O)cc1Cl. The van der Waals surface area contributed by atoms with Crippen molar-refractivity contribution in [3.63, 3.8) is 0 Å². The van der Waals surface area contributed by atoms with E-state index in [1.54, 1.807) is 0 Å². The molecule has 0 aliphatic carbocycles. The molecule has 4 N–H and O–H groups in total. The monoisotopic (exact) mass is 245 g/mol. The lowest BCUT2D eigenvalue weighted by atomic mass is 10.2. The van der Waals surface area contributed by atoms with E-state index in [2.05, 4.69) is 4.99 Å². The van der Waals surface area contributed by atoms with Gasteiger partial charge in [-0.15, -0.1) is 0 Å². The summed E-state index contributed by atoms with van der Waals surface area (Å²) in [5.74, 6) is -0.0500. The van der Waals surface area contributed by atoms with Crippen LogP contribution in [0.5, 0.6) is 5.75 Å². The number of rotatable bonds is 3. The van der Waals surface area contributed by atoms with Gasteiger partial charge in [0.2, 0.25) is 0 Å². The molecule has 0 saturated carbocycles. The maximum absolute atomic E-state index is 9.16. The van der Waals surface area contributed by atoms with E-state index in [4.69, 9.17) is 39.5 Å². The van der Waals surface area contributed by atoms with Gasteiger partial charge >= 0.3 is 0 Å². The summed E-state index contributed by atoms with van der Waals surface area (Å²) < 4.78 is 0. The van der Waals surface area contributed by atoms with Gasteiger partial charge in [0.15, 0.2) is 0 Å². The Labute approximate surface area is 96.8 Å². The molecule has 1 rings (SSSR count). The van der Waals surface area contributed by atoms with E-state index >= 15 is 0 Å². The molecule has 0 amide bonds. The first kappa shape index (κ1) is 11.8. The molecule has 0 heterocycles. The van der Waals surface area contributed by atoms with Crippen molar-refractivity contribution in [3.05, 3.63) is 27.7 Å². The molecular weight excluding hydrogens is 237 g/mol. The molecule has 15 heavy (non-hydrogen) atoms. The van der Waals surface area contributed by atoms with Crippen molar-refractivity contribution >= 4 is 35.3 Å². The van der Waals surface area contributed by atoms with Crippen LogP contribution in [0.4, 0.5) is 0 Å².